The van der Waals surface area contributed by atoms with Gasteiger partial charge in [-0.05, 0) is 32.2 Å². The molecule has 6 nitrogen and oxygen atoms in total. The van der Waals surface area contributed by atoms with Crippen LogP contribution in [0.15, 0.2) is 35.1 Å². The first-order valence-corrected chi connectivity index (χ1v) is 6.75. The Bertz CT molecular complexity index is 595. The van der Waals surface area contributed by atoms with Crippen molar-refractivity contribution >= 4 is 5.91 Å². The molecule has 2 aromatic heterocycles. The van der Waals surface area contributed by atoms with E-state index in [1.54, 1.807) is 32.7 Å². The molecule has 2 aromatic rings. The van der Waals surface area contributed by atoms with E-state index in [0.717, 1.165) is 11.5 Å². The van der Waals surface area contributed by atoms with E-state index in [-0.39, 0.29) is 11.9 Å². The summed E-state index contributed by atoms with van der Waals surface area (Å²) in [5.41, 5.74) is 0.948. The highest BCUT2D eigenvalue weighted by Gasteiger charge is 2.17. The number of hydrogen-bond donors (Lipinski definition) is 0. The van der Waals surface area contributed by atoms with Crippen LogP contribution in [0.5, 0.6) is 0 Å². The van der Waals surface area contributed by atoms with Gasteiger partial charge in [-0.2, -0.15) is 0 Å². The quantitative estimate of drug-likeness (QED) is 0.841. The van der Waals surface area contributed by atoms with Gasteiger partial charge in [0.2, 0.25) is 0 Å². The molecule has 0 saturated heterocycles. The molecule has 2 heterocycles. The highest BCUT2D eigenvalue weighted by atomic mass is 16.4. The largest absolute Gasteiger partial charge is 0.455 e. The molecule has 112 valence electrons. The zero-order chi connectivity index (χ0) is 15.4. The van der Waals surface area contributed by atoms with Gasteiger partial charge in [-0.1, -0.05) is 0 Å². The Hall–Kier alpha value is -2.21. The van der Waals surface area contributed by atoms with Crippen molar-refractivity contribution in [1.29, 1.82) is 0 Å². The molecular formula is C15H20N4O2. The third-order valence-corrected chi connectivity index (χ3v) is 3.38. The summed E-state index contributed by atoms with van der Waals surface area (Å²) in [5, 5.41) is 0. The zero-order valence-corrected chi connectivity index (χ0v) is 12.8. The number of rotatable bonds is 5. The van der Waals surface area contributed by atoms with Gasteiger partial charge in [-0.15, -0.1) is 0 Å². The molecule has 0 spiro atoms. The number of aromatic nitrogens is 2. The molecule has 0 bridgehead atoms. The van der Waals surface area contributed by atoms with Crippen molar-refractivity contribution in [2.24, 2.45) is 0 Å². The van der Waals surface area contributed by atoms with Crippen LogP contribution >= 0.6 is 0 Å². The topological polar surface area (TPSA) is 62.5 Å². The van der Waals surface area contributed by atoms with Gasteiger partial charge in [0.1, 0.15) is 12.1 Å². The van der Waals surface area contributed by atoms with Gasteiger partial charge in [0.15, 0.2) is 5.76 Å². The predicted octanol–water partition coefficient (Wildman–Crippen LogP) is 1.96. The fourth-order valence-electron chi connectivity index (χ4n) is 1.95. The maximum absolute atomic E-state index is 11.8. The number of carbonyl (C=O) groups excluding carboxylic acids is 1. The van der Waals surface area contributed by atoms with Crippen LogP contribution in [0.4, 0.5) is 0 Å². The van der Waals surface area contributed by atoms with Crippen LogP contribution in [0.3, 0.4) is 0 Å². The van der Waals surface area contributed by atoms with Crippen LogP contribution in [0.1, 0.15) is 35.0 Å². The minimum absolute atomic E-state index is 0.131. The lowest BCUT2D eigenvalue weighted by Crippen LogP contribution is -2.23. The SMILES string of the molecule is C[C@H](c1ccncn1)N(C)Cc1ccc(C(=O)N(C)C)o1. The first-order chi connectivity index (χ1) is 9.99. The Balaban J connectivity index is 2.03. The van der Waals surface area contributed by atoms with Crippen molar-refractivity contribution in [3.8, 4) is 0 Å². The molecular weight excluding hydrogens is 268 g/mol. The van der Waals surface area contributed by atoms with Crippen molar-refractivity contribution in [2.45, 2.75) is 19.5 Å². The van der Waals surface area contributed by atoms with Gasteiger partial charge >= 0.3 is 0 Å². The lowest BCUT2D eigenvalue weighted by molar-refractivity contribution is 0.0792. The van der Waals surface area contributed by atoms with Crippen molar-refractivity contribution in [1.82, 2.24) is 19.8 Å². The minimum atomic E-state index is -0.132. The maximum Gasteiger partial charge on any atom is 0.289 e. The molecule has 0 saturated carbocycles. The number of furan rings is 1. The summed E-state index contributed by atoms with van der Waals surface area (Å²) in [6.45, 7) is 2.67. The number of nitrogens with zero attached hydrogens (tertiary/aromatic N) is 4. The summed E-state index contributed by atoms with van der Waals surface area (Å²) >= 11 is 0. The Morgan fingerprint density at radius 3 is 2.67 bits per heavy atom. The first kappa shape index (κ1) is 15.2. The molecule has 1 atom stereocenters. The Morgan fingerprint density at radius 1 is 1.29 bits per heavy atom. The van der Waals surface area contributed by atoms with Crippen LogP contribution < -0.4 is 0 Å². The second-order valence-electron chi connectivity index (χ2n) is 5.19. The molecule has 0 aliphatic carbocycles. The lowest BCUT2D eigenvalue weighted by atomic mass is 10.2. The minimum Gasteiger partial charge on any atom is -0.455 e. The van der Waals surface area contributed by atoms with Crippen LogP contribution in [0.25, 0.3) is 0 Å². The normalized spacial score (nSPS) is 12.4. The fraction of sp³-hybridized carbons (Fsp3) is 0.400. The lowest BCUT2D eigenvalue weighted by Gasteiger charge is -2.22. The Morgan fingerprint density at radius 2 is 2.05 bits per heavy atom. The Labute approximate surface area is 124 Å². The molecule has 1 amide bonds. The molecule has 0 unspecified atom stereocenters. The molecule has 6 heteroatoms. The van der Waals surface area contributed by atoms with Crippen molar-refractivity contribution in [3.63, 3.8) is 0 Å². The van der Waals surface area contributed by atoms with Crippen molar-refractivity contribution < 1.29 is 9.21 Å². The molecule has 0 fully saturated rings. The molecule has 0 aliphatic heterocycles. The van der Waals surface area contributed by atoms with Crippen LogP contribution in [-0.2, 0) is 6.54 Å². The summed E-state index contributed by atoms with van der Waals surface area (Å²) in [6.07, 6.45) is 3.27. The first-order valence-electron chi connectivity index (χ1n) is 6.75. The second-order valence-corrected chi connectivity index (χ2v) is 5.19. The molecule has 0 radical (unpaired) electrons. The third-order valence-electron chi connectivity index (χ3n) is 3.38. The van der Waals surface area contributed by atoms with E-state index in [1.165, 1.54) is 4.90 Å². The molecule has 2 rings (SSSR count). The maximum atomic E-state index is 11.8. The number of carbonyl (C=O) groups is 1. The molecule has 0 N–H and O–H groups in total. The third kappa shape index (κ3) is 3.66. The van der Waals surface area contributed by atoms with Crippen LogP contribution in [0.2, 0.25) is 0 Å². The number of hydrogen-bond acceptors (Lipinski definition) is 5. The van der Waals surface area contributed by atoms with Gasteiger partial charge < -0.3 is 9.32 Å². The van der Waals surface area contributed by atoms with E-state index in [0.29, 0.717) is 12.3 Å². The van der Waals surface area contributed by atoms with E-state index in [4.69, 9.17) is 4.42 Å². The summed E-state index contributed by atoms with van der Waals surface area (Å²) in [4.78, 5) is 23.6. The fourth-order valence-corrected chi connectivity index (χ4v) is 1.95. The standard InChI is InChI=1S/C15H20N4O2/c1-11(13-7-8-16-10-17-13)19(4)9-12-5-6-14(21-12)15(20)18(2)3/h5-8,10-11H,9H2,1-4H3/t11-/m1/s1. The molecule has 0 aliphatic rings. The molecule has 21 heavy (non-hydrogen) atoms. The summed E-state index contributed by atoms with van der Waals surface area (Å²) in [6, 6.07) is 5.57. The highest BCUT2D eigenvalue weighted by molar-refractivity contribution is 5.91. The predicted molar refractivity (Wildman–Crippen MR) is 78.6 cm³/mol. The monoisotopic (exact) mass is 288 g/mol. The average molecular weight is 288 g/mol. The van der Waals surface area contributed by atoms with Gasteiger partial charge in [-0.25, -0.2) is 9.97 Å². The second kappa shape index (κ2) is 6.49. The van der Waals surface area contributed by atoms with E-state index >= 15 is 0 Å². The van der Waals surface area contributed by atoms with E-state index in [2.05, 4.69) is 21.8 Å². The van der Waals surface area contributed by atoms with Crippen molar-refractivity contribution in [3.05, 3.63) is 47.9 Å². The summed E-state index contributed by atoms with van der Waals surface area (Å²) in [7, 11) is 5.39. The summed E-state index contributed by atoms with van der Waals surface area (Å²) < 4.78 is 5.60. The smallest absolute Gasteiger partial charge is 0.289 e. The van der Waals surface area contributed by atoms with Gasteiger partial charge in [0.05, 0.1) is 12.2 Å². The van der Waals surface area contributed by atoms with Gasteiger partial charge in [0, 0.05) is 26.3 Å². The summed E-state index contributed by atoms with van der Waals surface area (Å²) in [5.74, 6) is 0.981. The number of amides is 1. The highest BCUT2D eigenvalue weighted by Crippen LogP contribution is 2.19. The van der Waals surface area contributed by atoms with Crippen LogP contribution in [0, 0.1) is 0 Å². The van der Waals surface area contributed by atoms with Crippen LogP contribution in [-0.4, -0.2) is 46.8 Å². The Kier molecular flexibility index (Phi) is 4.70. The average Bonchev–Trinajstić information content (AvgIpc) is 2.94. The van der Waals surface area contributed by atoms with Crippen molar-refractivity contribution in [2.75, 3.05) is 21.1 Å². The van der Waals surface area contributed by atoms with Gasteiger partial charge in [0.25, 0.3) is 5.91 Å². The molecule has 0 aromatic carbocycles. The van der Waals surface area contributed by atoms with Gasteiger partial charge in [-0.3, -0.25) is 9.69 Å². The zero-order valence-electron chi connectivity index (χ0n) is 12.8. The van der Waals surface area contributed by atoms with E-state index < -0.39 is 0 Å². The van der Waals surface area contributed by atoms with E-state index in [9.17, 15) is 4.79 Å². The van der Waals surface area contributed by atoms with E-state index in [1.807, 2.05) is 19.2 Å².